The smallest absolute Gasteiger partial charge is 0.327 e. The summed E-state index contributed by atoms with van der Waals surface area (Å²) in [6.45, 7) is 1.84. The minimum absolute atomic E-state index is 0.0573. The predicted octanol–water partition coefficient (Wildman–Crippen LogP) is -1.61. The maximum atomic E-state index is 11.5. The van der Waals surface area contributed by atoms with Crippen LogP contribution in [0.15, 0.2) is 29.2 Å². The van der Waals surface area contributed by atoms with Crippen LogP contribution in [0.1, 0.15) is 5.56 Å². The van der Waals surface area contributed by atoms with E-state index in [4.69, 9.17) is 5.73 Å². The molecule has 0 atom stereocenters. The molecule has 0 fully saturated rings. The van der Waals surface area contributed by atoms with E-state index in [1.807, 2.05) is 11.8 Å². The first-order chi connectivity index (χ1) is 9.19. The third-order valence-corrected chi connectivity index (χ3v) is 3.05. The lowest BCUT2D eigenvalue weighted by Crippen LogP contribution is -2.44. The van der Waals surface area contributed by atoms with E-state index < -0.39 is 22.1 Å². The van der Waals surface area contributed by atoms with Gasteiger partial charge in [-0.3, -0.25) is 10.9 Å². The Morgan fingerprint density at radius 3 is 1.85 bits per heavy atom. The van der Waals surface area contributed by atoms with Gasteiger partial charge in [0.25, 0.3) is 10.0 Å². The highest BCUT2D eigenvalue weighted by atomic mass is 32.2. The minimum Gasteiger partial charge on any atom is -0.351 e. The number of hydrazine groups is 2. The Labute approximate surface area is 115 Å². The van der Waals surface area contributed by atoms with Crippen LogP contribution in [0.4, 0.5) is 9.59 Å². The number of carbonyl (C=O) groups excluding carboxylic acids is 2. The van der Waals surface area contributed by atoms with Gasteiger partial charge in [-0.1, -0.05) is 17.7 Å². The molecule has 0 aromatic heterocycles. The Balaban J connectivity index is 0.000000621. The first kappa shape index (κ1) is 17.6. The molecule has 0 radical (unpaired) electrons. The van der Waals surface area contributed by atoms with Crippen molar-refractivity contribution in [2.24, 2.45) is 17.3 Å². The van der Waals surface area contributed by atoms with Crippen LogP contribution in [0.2, 0.25) is 0 Å². The van der Waals surface area contributed by atoms with Gasteiger partial charge in [-0.2, -0.15) is 0 Å². The molecule has 0 aliphatic heterocycles. The molecule has 20 heavy (non-hydrogen) atoms. The quantitative estimate of drug-likeness (QED) is 0.222. The van der Waals surface area contributed by atoms with E-state index in [9.17, 15) is 18.0 Å². The van der Waals surface area contributed by atoms with Crippen molar-refractivity contribution in [2.45, 2.75) is 11.8 Å². The lowest BCUT2D eigenvalue weighted by Gasteiger charge is -2.06. The average molecular weight is 304 g/mol. The molecule has 0 heterocycles. The van der Waals surface area contributed by atoms with Gasteiger partial charge >= 0.3 is 12.1 Å². The van der Waals surface area contributed by atoms with Gasteiger partial charge in [-0.25, -0.2) is 23.8 Å². The summed E-state index contributed by atoms with van der Waals surface area (Å²) in [5.41, 5.74) is 13.5. The topological polar surface area (TPSA) is 182 Å². The van der Waals surface area contributed by atoms with E-state index in [2.05, 4.69) is 11.6 Å². The highest BCUT2D eigenvalue weighted by molar-refractivity contribution is 7.89. The van der Waals surface area contributed by atoms with E-state index in [0.717, 1.165) is 5.56 Å². The van der Waals surface area contributed by atoms with Crippen molar-refractivity contribution in [3.8, 4) is 0 Å². The summed E-state index contributed by atoms with van der Waals surface area (Å²) in [6.07, 6.45) is 0. The summed E-state index contributed by atoms with van der Waals surface area (Å²) in [4.78, 5) is 21.6. The van der Waals surface area contributed by atoms with Crippen molar-refractivity contribution in [1.29, 1.82) is 0 Å². The summed E-state index contributed by atoms with van der Waals surface area (Å²) >= 11 is 0. The molecule has 0 aliphatic rings. The van der Waals surface area contributed by atoms with Gasteiger partial charge in [0.1, 0.15) is 0 Å². The number of sulfonamides is 1. The van der Waals surface area contributed by atoms with Crippen molar-refractivity contribution in [3.05, 3.63) is 29.8 Å². The molecule has 0 spiro atoms. The van der Waals surface area contributed by atoms with Crippen LogP contribution in [-0.4, -0.2) is 20.5 Å². The van der Waals surface area contributed by atoms with Crippen molar-refractivity contribution in [3.63, 3.8) is 0 Å². The third kappa shape index (κ3) is 7.15. The second-order valence-electron chi connectivity index (χ2n) is 3.42. The number of carbonyl (C=O) groups is 2. The molecular formula is C9H16N6O4S. The normalized spacial score (nSPS) is 9.90. The lowest BCUT2D eigenvalue weighted by atomic mass is 10.2. The summed E-state index contributed by atoms with van der Waals surface area (Å²) in [5.74, 6) is 4.45. The Bertz CT molecular complexity index is 556. The molecule has 0 bridgehead atoms. The largest absolute Gasteiger partial charge is 0.351 e. The van der Waals surface area contributed by atoms with E-state index in [1.165, 1.54) is 12.1 Å². The van der Waals surface area contributed by atoms with E-state index in [0.29, 0.717) is 0 Å². The third-order valence-electron chi connectivity index (χ3n) is 1.78. The van der Waals surface area contributed by atoms with Crippen LogP contribution < -0.4 is 33.0 Å². The number of nitrogens with two attached hydrogens (primary N) is 3. The molecule has 10 nitrogen and oxygen atoms in total. The fraction of sp³-hybridized carbons (Fsp3) is 0.111. The van der Waals surface area contributed by atoms with Crippen LogP contribution in [0.3, 0.4) is 0 Å². The summed E-state index contributed by atoms with van der Waals surface area (Å²) in [6, 6.07) is 4.48. The van der Waals surface area contributed by atoms with Gasteiger partial charge in [-0.05, 0) is 19.1 Å². The van der Waals surface area contributed by atoms with Crippen molar-refractivity contribution >= 4 is 22.1 Å². The van der Waals surface area contributed by atoms with Crippen molar-refractivity contribution in [1.82, 2.24) is 15.7 Å². The van der Waals surface area contributed by atoms with Crippen LogP contribution in [0.5, 0.6) is 0 Å². The number of hydrogen-bond donors (Lipinski definition) is 6. The fourth-order valence-electron chi connectivity index (χ4n) is 0.894. The molecule has 0 aliphatic carbocycles. The maximum Gasteiger partial charge on any atom is 0.327 e. The molecule has 1 aromatic rings. The molecular weight excluding hydrogens is 288 g/mol. The second-order valence-corrected chi connectivity index (χ2v) is 5.10. The molecule has 0 saturated heterocycles. The van der Waals surface area contributed by atoms with Crippen LogP contribution in [0, 0.1) is 6.92 Å². The van der Waals surface area contributed by atoms with Crippen molar-refractivity contribution in [2.75, 3.05) is 0 Å². The maximum absolute atomic E-state index is 11.5. The number of aryl methyl sites for hydroxylation is 1. The molecule has 112 valence electrons. The van der Waals surface area contributed by atoms with Gasteiger partial charge < -0.3 is 11.5 Å². The van der Waals surface area contributed by atoms with E-state index >= 15 is 0 Å². The minimum atomic E-state index is -3.73. The van der Waals surface area contributed by atoms with E-state index in [1.54, 1.807) is 23.0 Å². The van der Waals surface area contributed by atoms with Gasteiger partial charge in [-0.15, -0.1) is 4.83 Å². The summed E-state index contributed by atoms with van der Waals surface area (Å²) in [7, 11) is -3.73. The average Bonchev–Trinajstić information content (AvgIpc) is 2.38. The standard InChI is InChI=1S/C8H11N3O3S.CH5N3O/c1-6-2-4-7(5-3-6)15(13,14)11-10-8(9)12;2-1(5)4-3/h2-5,11H,1H3,(H3,9,10,12);3H2,(H3,2,4,5). The Kier molecular flexibility index (Phi) is 6.99. The summed E-state index contributed by atoms with van der Waals surface area (Å²) in [5, 5.41) is 0. The Morgan fingerprint density at radius 2 is 1.50 bits per heavy atom. The Morgan fingerprint density at radius 1 is 1.05 bits per heavy atom. The number of urea groups is 2. The van der Waals surface area contributed by atoms with Gasteiger partial charge in [0.05, 0.1) is 4.90 Å². The van der Waals surface area contributed by atoms with Gasteiger partial charge in [0.15, 0.2) is 0 Å². The number of nitrogens with one attached hydrogen (secondary N) is 3. The van der Waals surface area contributed by atoms with Crippen molar-refractivity contribution < 1.29 is 18.0 Å². The zero-order chi connectivity index (χ0) is 15.8. The number of rotatable bonds is 3. The predicted molar refractivity (Wildman–Crippen MR) is 71.1 cm³/mol. The SMILES string of the molecule is Cc1ccc(S(=O)(=O)NNC(N)=O)cc1.NNC(N)=O. The number of primary amides is 2. The first-order valence-electron chi connectivity index (χ1n) is 5.09. The molecule has 11 heteroatoms. The highest BCUT2D eigenvalue weighted by Gasteiger charge is 2.13. The zero-order valence-corrected chi connectivity index (χ0v) is 11.4. The first-order valence-corrected chi connectivity index (χ1v) is 6.57. The number of amides is 4. The lowest BCUT2D eigenvalue weighted by molar-refractivity contribution is 0.247. The van der Waals surface area contributed by atoms with Crippen LogP contribution >= 0.6 is 0 Å². The van der Waals surface area contributed by atoms with Crippen LogP contribution in [-0.2, 0) is 10.0 Å². The summed E-state index contributed by atoms with van der Waals surface area (Å²) < 4.78 is 22.9. The Hall–Kier alpha value is -2.37. The zero-order valence-electron chi connectivity index (χ0n) is 10.6. The fourth-order valence-corrected chi connectivity index (χ4v) is 1.74. The number of hydrogen-bond acceptors (Lipinski definition) is 5. The monoisotopic (exact) mass is 304 g/mol. The van der Waals surface area contributed by atoms with Gasteiger partial charge in [0.2, 0.25) is 0 Å². The van der Waals surface area contributed by atoms with Gasteiger partial charge in [0, 0.05) is 0 Å². The second kappa shape index (κ2) is 7.93. The van der Waals surface area contributed by atoms with E-state index in [-0.39, 0.29) is 4.90 Å². The molecule has 1 rings (SSSR count). The molecule has 4 amide bonds. The number of benzene rings is 1. The molecule has 1 aromatic carbocycles. The van der Waals surface area contributed by atoms with Crippen LogP contribution in [0.25, 0.3) is 0 Å². The molecule has 0 saturated carbocycles. The molecule has 0 unspecified atom stereocenters. The molecule has 9 N–H and O–H groups in total. The highest BCUT2D eigenvalue weighted by Crippen LogP contribution is 2.08.